The first-order chi connectivity index (χ1) is 15.9. The van der Waals surface area contributed by atoms with Crippen LogP contribution >= 0.6 is 11.6 Å². The molecule has 0 bridgehead atoms. The summed E-state index contributed by atoms with van der Waals surface area (Å²) in [6.45, 7) is 4.02. The van der Waals surface area contributed by atoms with Crippen LogP contribution in [0.3, 0.4) is 0 Å². The Kier molecular flexibility index (Phi) is 6.46. The quantitative estimate of drug-likeness (QED) is 0.241. The summed E-state index contributed by atoms with van der Waals surface area (Å²) in [5.74, 6) is -1.05. The number of amides is 1. The number of aromatic nitrogens is 3. The number of carbonyl (C=O) groups is 1. The fourth-order valence-corrected chi connectivity index (χ4v) is 3.39. The molecule has 0 fully saturated rings. The van der Waals surface area contributed by atoms with Crippen LogP contribution < -0.4 is 10.2 Å². The average Bonchev–Trinajstić information content (AvgIpc) is 3.14. The second-order valence-corrected chi connectivity index (χ2v) is 7.51. The Morgan fingerprint density at radius 3 is 2.67 bits per heavy atom. The molecule has 0 atom stereocenters. The van der Waals surface area contributed by atoms with Gasteiger partial charge >= 0.3 is 0 Å². The fourth-order valence-electron chi connectivity index (χ4n) is 3.26. The highest BCUT2D eigenvalue weighted by Crippen LogP contribution is 2.23. The van der Waals surface area contributed by atoms with Crippen molar-refractivity contribution >= 4 is 23.7 Å². The third kappa shape index (κ3) is 5.24. The van der Waals surface area contributed by atoms with Crippen molar-refractivity contribution in [3.8, 4) is 17.3 Å². The van der Waals surface area contributed by atoms with Gasteiger partial charge in [0.05, 0.1) is 12.4 Å². The molecule has 33 heavy (non-hydrogen) atoms. The molecule has 4 aromatic rings. The molecule has 4 rings (SSSR count). The van der Waals surface area contributed by atoms with E-state index in [0.29, 0.717) is 16.9 Å². The lowest BCUT2D eigenvalue weighted by Gasteiger charge is -2.10. The number of benzene rings is 2. The average molecular weight is 464 g/mol. The first-order valence-electron chi connectivity index (χ1n) is 9.95. The largest absolute Gasteiger partial charge is 0.436 e. The van der Waals surface area contributed by atoms with Crippen molar-refractivity contribution in [1.82, 2.24) is 20.0 Å². The predicted molar refractivity (Wildman–Crippen MR) is 124 cm³/mol. The highest BCUT2D eigenvalue weighted by molar-refractivity contribution is 6.28. The summed E-state index contributed by atoms with van der Waals surface area (Å²) >= 11 is 5.69. The lowest BCUT2D eigenvalue weighted by atomic mass is 10.2. The third-order valence-corrected chi connectivity index (χ3v) is 4.95. The molecular weight excluding hydrogens is 445 g/mol. The van der Waals surface area contributed by atoms with Crippen LogP contribution in [0.1, 0.15) is 27.3 Å². The number of ether oxygens (including phenoxy) is 1. The Labute approximate surface area is 194 Å². The molecule has 0 saturated carbocycles. The fraction of sp³-hybridized carbons (Fsp3) is 0.0833. The topological polar surface area (TPSA) is 81.4 Å². The smallest absolute Gasteiger partial charge is 0.271 e. The molecule has 1 amide bonds. The summed E-state index contributed by atoms with van der Waals surface area (Å²) in [5.41, 5.74) is 6.67. The van der Waals surface area contributed by atoms with Crippen LogP contribution in [0.25, 0.3) is 5.69 Å². The second-order valence-electron chi connectivity index (χ2n) is 7.17. The van der Waals surface area contributed by atoms with Crippen LogP contribution in [0.4, 0.5) is 4.39 Å². The lowest BCUT2D eigenvalue weighted by molar-refractivity contribution is 0.0955. The minimum atomic E-state index is -0.738. The number of hydrogen-bond donors (Lipinski definition) is 1. The Morgan fingerprint density at radius 1 is 1.12 bits per heavy atom. The first-order valence-corrected chi connectivity index (χ1v) is 10.3. The zero-order chi connectivity index (χ0) is 23.4. The summed E-state index contributed by atoms with van der Waals surface area (Å²) < 4.78 is 21.3. The minimum absolute atomic E-state index is 0.127. The molecule has 0 spiro atoms. The van der Waals surface area contributed by atoms with E-state index in [1.165, 1.54) is 6.21 Å². The molecule has 0 saturated heterocycles. The van der Waals surface area contributed by atoms with Gasteiger partial charge in [-0.3, -0.25) is 4.79 Å². The maximum absolute atomic E-state index is 13.8. The van der Waals surface area contributed by atoms with Gasteiger partial charge in [0, 0.05) is 22.6 Å². The van der Waals surface area contributed by atoms with E-state index in [-0.39, 0.29) is 17.1 Å². The SMILES string of the molecule is Cc1ccc(C)n1-c1cccc(C(=O)NN=Cc2cccc(Oc3nc(Cl)ncc3F)c2)c1. The zero-order valence-electron chi connectivity index (χ0n) is 17.8. The van der Waals surface area contributed by atoms with Crippen molar-refractivity contribution in [3.05, 3.63) is 100 Å². The maximum Gasteiger partial charge on any atom is 0.271 e. The molecule has 0 aliphatic rings. The second kappa shape index (κ2) is 9.62. The molecule has 7 nitrogen and oxygen atoms in total. The van der Waals surface area contributed by atoms with Crippen molar-refractivity contribution in [2.24, 2.45) is 5.10 Å². The molecule has 2 aromatic carbocycles. The highest BCUT2D eigenvalue weighted by atomic mass is 35.5. The maximum atomic E-state index is 13.8. The van der Waals surface area contributed by atoms with Crippen molar-refractivity contribution < 1.29 is 13.9 Å². The lowest BCUT2D eigenvalue weighted by Crippen LogP contribution is -2.18. The number of halogens is 2. The molecule has 0 aliphatic heterocycles. The molecule has 0 radical (unpaired) electrons. The van der Waals surface area contributed by atoms with Crippen LogP contribution in [0.5, 0.6) is 11.6 Å². The molecule has 166 valence electrons. The number of hydrogen-bond acceptors (Lipinski definition) is 5. The van der Waals surface area contributed by atoms with Crippen LogP contribution in [-0.2, 0) is 0 Å². The third-order valence-electron chi connectivity index (χ3n) is 4.77. The van der Waals surface area contributed by atoms with Crippen molar-refractivity contribution in [2.45, 2.75) is 13.8 Å². The summed E-state index contributed by atoms with van der Waals surface area (Å²) in [7, 11) is 0. The van der Waals surface area contributed by atoms with E-state index in [9.17, 15) is 9.18 Å². The van der Waals surface area contributed by atoms with Gasteiger partial charge in [0.25, 0.3) is 11.8 Å². The zero-order valence-corrected chi connectivity index (χ0v) is 18.5. The van der Waals surface area contributed by atoms with E-state index in [1.54, 1.807) is 36.4 Å². The van der Waals surface area contributed by atoms with Gasteiger partial charge in [-0.05, 0) is 73.5 Å². The summed E-state index contributed by atoms with van der Waals surface area (Å²) in [5, 5.41) is 3.89. The van der Waals surface area contributed by atoms with Crippen LogP contribution in [0, 0.1) is 19.7 Å². The van der Waals surface area contributed by atoms with Crippen LogP contribution in [0.15, 0.2) is 72.0 Å². The van der Waals surface area contributed by atoms with E-state index in [2.05, 4.69) is 25.1 Å². The molecule has 0 unspecified atom stereocenters. The minimum Gasteiger partial charge on any atom is -0.436 e. The highest BCUT2D eigenvalue weighted by Gasteiger charge is 2.10. The number of carbonyl (C=O) groups excluding carboxylic acids is 1. The standard InChI is InChI=1S/C24H19ClFN5O2/c1-15-9-10-16(2)31(15)19-7-4-6-18(12-19)22(32)30-28-13-17-5-3-8-20(11-17)33-23-21(26)14-27-24(25)29-23/h3-14H,1-2H3,(H,30,32). The summed E-state index contributed by atoms with van der Waals surface area (Å²) in [6, 6.07) is 18.0. The van der Waals surface area contributed by atoms with E-state index >= 15 is 0 Å². The molecule has 9 heteroatoms. The van der Waals surface area contributed by atoms with Gasteiger partial charge in [0.2, 0.25) is 11.1 Å². The van der Waals surface area contributed by atoms with Crippen LogP contribution in [-0.4, -0.2) is 26.7 Å². The van der Waals surface area contributed by atoms with Gasteiger partial charge < -0.3 is 9.30 Å². The van der Waals surface area contributed by atoms with Crippen molar-refractivity contribution in [1.29, 1.82) is 0 Å². The van der Waals surface area contributed by atoms with E-state index < -0.39 is 5.82 Å². The first kappa shape index (κ1) is 22.2. The number of nitrogens with one attached hydrogen (secondary N) is 1. The summed E-state index contributed by atoms with van der Waals surface area (Å²) in [6.07, 6.45) is 2.39. The Bertz CT molecular complexity index is 1330. The molecule has 1 N–H and O–H groups in total. The van der Waals surface area contributed by atoms with Crippen molar-refractivity contribution in [2.75, 3.05) is 0 Å². The summed E-state index contributed by atoms with van der Waals surface area (Å²) in [4.78, 5) is 19.8. The van der Waals surface area contributed by atoms with Crippen LogP contribution in [0.2, 0.25) is 5.28 Å². The van der Waals surface area contributed by atoms with E-state index in [1.807, 2.05) is 38.1 Å². The Morgan fingerprint density at radius 2 is 1.88 bits per heavy atom. The monoisotopic (exact) mass is 463 g/mol. The number of rotatable bonds is 6. The molecule has 2 aromatic heterocycles. The number of aryl methyl sites for hydroxylation is 2. The van der Waals surface area contributed by atoms with E-state index in [4.69, 9.17) is 16.3 Å². The predicted octanol–water partition coefficient (Wildman–Crippen LogP) is 5.23. The van der Waals surface area contributed by atoms with Crippen molar-refractivity contribution in [3.63, 3.8) is 0 Å². The number of hydrazone groups is 1. The van der Waals surface area contributed by atoms with Gasteiger partial charge in [-0.25, -0.2) is 10.4 Å². The molecule has 2 heterocycles. The van der Waals surface area contributed by atoms with Gasteiger partial charge in [-0.1, -0.05) is 18.2 Å². The van der Waals surface area contributed by atoms with Gasteiger partial charge in [0.15, 0.2) is 0 Å². The van der Waals surface area contributed by atoms with Gasteiger partial charge in [-0.2, -0.15) is 14.5 Å². The normalized spacial score (nSPS) is 11.0. The van der Waals surface area contributed by atoms with E-state index in [0.717, 1.165) is 23.3 Å². The molecular formula is C24H19ClFN5O2. The Hall–Kier alpha value is -4.04. The molecule has 0 aliphatic carbocycles. The van der Waals surface area contributed by atoms with Gasteiger partial charge in [-0.15, -0.1) is 0 Å². The van der Waals surface area contributed by atoms with Gasteiger partial charge in [0.1, 0.15) is 5.75 Å². The Balaban J connectivity index is 1.44. The number of nitrogens with zero attached hydrogens (tertiary/aromatic N) is 4.